The van der Waals surface area contributed by atoms with Crippen molar-refractivity contribution in [3.05, 3.63) is 27.1 Å². The molecule has 1 aromatic carbocycles. The summed E-state index contributed by atoms with van der Waals surface area (Å²) in [5.41, 5.74) is 5.77. The lowest BCUT2D eigenvalue weighted by Gasteiger charge is -2.05. The van der Waals surface area contributed by atoms with E-state index in [2.05, 4.69) is 6.58 Å². The van der Waals surface area contributed by atoms with Gasteiger partial charge in [0.1, 0.15) is 18.2 Å². The number of anilines is 1. The summed E-state index contributed by atoms with van der Waals surface area (Å²) in [4.78, 5) is 0. The van der Waals surface area contributed by atoms with E-state index in [4.69, 9.17) is 26.8 Å². The van der Waals surface area contributed by atoms with Crippen molar-refractivity contribution in [1.82, 2.24) is 0 Å². The first kappa shape index (κ1) is 12.8. The van der Waals surface area contributed by atoms with Gasteiger partial charge in [-0.3, -0.25) is 0 Å². The van der Waals surface area contributed by atoms with Crippen LogP contribution in [-0.2, 0) is 0 Å². The van der Waals surface area contributed by atoms with Crippen molar-refractivity contribution in [3.63, 3.8) is 0 Å². The molecule has 1 rings (SSSR count). The average Bonchev–Trinajstić information content (AvgIpc) is 2.38. The number of rotatable bonds is 0. The van der Waals surface area contributed by atoms with Gasteiger partial charge < -0.3 is 5.73 Å². The van der Waals surface area contributed by atoms with Crippen LogP contribution in [0, 0.1) is 45.3 Å². The Morgan fingerprint density at radius 3 is 1.89 bits per heavy atom. The second-order valence-corrected chi connectivity index (χ2v) is 3.46. The van der Waals surface area contributed by atoms with E-state index in [1.807, 2.05) is 18.2 Å². The molecule has 0 saturated heterocycles. The van der Waals surface area contributed by atoms with E-state index in [1.165, 1.54) is 6.92 Å². The second kappa shape index (κ2) is 4.71. The van der Waals surface area contributed by atoms with Gasteiger partial charge in [-0.2, -0.15) is 21.0 Å². The van der Waals surface area contributed by atoms with Crippen molar-refractivity contribution in [1.29, 1.82) is 21.0 Å². The summed E-state index contributed by atoms with van der Waals surface area (Å²) in [6.07, 6.45) is 0. The summed E-state index contributed by atoms with van der Waals surface area (Å²) >= 11 is 0. The Hall–Kier alpha value is -3.28. The van der Waals surface area contributed by atoms with Crippen LogP contribution in [-0.4, -0.2) is 0 Å². The minimum atomic E-state index is -0.0893. The Morgan fingerprint density at radius 2 is 1.50 bits per heavy atom. The molecule has 18 heavy (non-hydrogen) atoms. The quantitative estimate of drug-likeness (QED) is 0.631. The smallest absolute Gasteiger partial charge is 0.103 e. The third kappa shape index (κ3) is 1.63. The molecule has 0 atom stereocenters. The topological polar surface area (TPSA) is 121 Å². The molecule has 5 heteroatoms. The molecule has 0 saturated carbocycles. The first-order valence-electron chi connectivity index (χ1n) is 4.79. The third-order valence-corrected chi connectivity index (χ3v) is 2.52. The molecular weight excluding hydrogens is 226 g/mol. The summed E-state index contributed by atoms with van der Waals surface area (Å²) < 4.78 is 0. The molecule has 0 unspecified atom stereocenters. The van der Waals surface area contributed by atoms with E-state index in [9.17, 15) is 0 Å². The zero-order valence-corrected chi connectivity index (χ0v) is 9.57. The van der Waals surface area contributed by atoms with Crippen molar-refractivity contribution in [2.75, 3.05) is 5.73 Å². The van der Waals surface area contributed by atoms with E-state index in [0.717, 1.165) is 0 Å². The molecule has 0 spiro atoms. The second-order valence-electron chi connectivity index (χ2n) is 3.46. The maximum absolute atomic E-state index is 9.08. The normalized spacial score (nSPS) is 10.5. The van der Waals surface area contributed by atoms with Crippen molar-refractivity contribution in [2.45, 2.75) is 6.92 Å². The van der Waals surface area contributed by atoms with E-state index in [1.54, 1.807) is 6.07 Å². The van der Waals surface area contributed by atoms with Crippen molar-refractivity contribution in [3.8, 4) is 24.3 Å². The standard InChI is InChI=1S/C13H7N5/c1-7(3-14)12-8(2)9(4-15)10(5-16)13(18)11(12)6-17/h2,18H2,1H3. The molecule has 5 nitrogen and oxygen atoms in total. The lowest BCUT2D eigenvalue weighted by Crippen LogP contribution is -2.33. The van der Waals surface area contributed by atoms with Gasteiger partial charge in [-0.05, 0) is 12.1 Å². The highest BCUT2D eigenvalue weighted by Gasteiger charge is 2.15. The summed E-state index contributed by atoms with van der Waals surface area (Å²) in [6, 6.07) is 7.35. The molecule has 1 aromatic rings. The minimum absolute atomic E-state index is 0.00130. The fraction of sp³-hybridized carbons (Fsp3) is 0.0769. The van der Waals surface area contributed by atoms with Gasteiger partial charge in [-0.15, -0.1) is 0 Å². The maximum Gasteiger partial charge on any atom is 0.103 e. The first-order chi connectivity index (χ1) is 8.53. The number of hydrogen-bond acceptors (Lipinski definition) is 5. The van der Waals surface area contributed by atoms with Gasteiger partial charge in [-0.25, -0.2) is 0 Å². The molecule has 0 aliphatic rings. The third-order valence-electron chi connectivity index (χ3n) is 2.52. The van der Waals surface area contributed by atoms with Crippen LogP contribution in [0.5, 0.6) is 0 Å². The lowest BCUT2D eigenvalue weighted by molar-refractivity contribution is 1.34. The summed E-state index contributed by atoms with van der Waals surface area (Å²) in [6.45, 7) is 5.16. The molecular formula is C13H7N5. The van der Waals surface area contributed by atoms with Gasteiger partial charge in [0.15, 0.2) is 0 Å². The number of nitriles is 4. The molecule has 84 valence electrons. The van der Waals surface area contributed by atoms with Crippen molar-refractivity contribution in [2.24, 2.45) is 0 Å². The molecule has 0 aliphatic carbocycles. The lowest BCUT2D eigenvalue weighted by atomic mass is 9.96. The molecule has 0 fully saturated rings. The Labute approximate surface area is 104 Å². The van der Waals surface area contributed by atoms with E-state index < -0.39 is 0 Å². The highest BCUT2D eigenvalue weighted by atomic mass is 14.6. The maximum atomic E-state index is 9.08. The molecule has 0 aliphatic heterocycles. The Balaban J connectivity index is 4.31. The van der Waals surface area contributed by atoms with Crippen LogP contribution < -0.4 is 16.2 Å². The highest BCUT2D eigenvalue weighted by molar-refractivity contribution is 5.73. The highest BCUT2D eigenvalue weighted by Crippen LogP contribution is 2.14. The van der Waals surface area contributed by atoms with Gasteiger partial charge in [0.05, 0.1) is 28.4 Å². The van der Waals surface area contributed by atoms with Crippen LogP contribution in [0.3, 0.4) is 0 Å². The Kier molecular flexibility index (Phi) is 3.34. The van der Waals surface area contributed by atoms with Crippen LogP contribution in [0.15, 0.2) is 0 Å². The summed E-state index contributed by atoms with van der Waals surface area (Å²) in [7, 11) is 0. The molecule has 2 N–H and O–H groups in total. The monoisotopic (exact) mass is 233 g/mol. The predicted molar refractivity (Wildman–Crippen MR) is 64.5 cm³/mol. The summed E-state index contributed by atoms with van der Waals surface area (Å²) in [5, 5.41) is 36.4. The van der Waals surface area contributed by atoms with Gasteiger partial charge in [0.25, 0.3) is 0 Å². The molecule has 0 aromatic heterocycles. The zero-order chi connectivity index (χ0) is 13.9. The minimum Gasteiger partial charge on any atom is -0.397 e. The van der Waals surface area contributed by atoms with Crippen LogP contribution in [0.4, 0.5) is 5.69 Å². The fourth-order valence-corrected chi connectivity index (χ4v) is 1.65. The molecule has 0 heterocycles. The Morgan fingerprint density at radius 1 is 1.00 bits per heavy atom. The predicted octanol–water partition coefficient (Wildman–Crippen LogP) is -0.0117. The van der Waals surface area contributed by atoms with Crippen LogP contribution in [0.1, 0.15) is 23.6 Å². The number of nitrogens with two attached hydrogens (primary N) is 1. The van der Waals surface area contributed by atoms with Crippen LogP contribution in [0.2, 0.25) is 0 Å². The van der Waals surface area contributed by atoms with Crippen molar-refractivity contribution >= 4 is 17.8 Å². The van der Waals surface area contributed by atoms with Crippen LogP contribution >= 0.6 is 0 Å². The Bertz CT molecular complexity index is 804. The average molecular weight is 233 g/mol. The van der Waals surface area contributed by atoms with E-state index in [-0.39, 0.29) is 38.4 Å². The van der Waals surface area contributed by atoms with Gasteiger partial charge >= 0.3 is 0 Å². The van der Waals surface area contributed by atoms with Gasteiger partial charge in [-0.1, -0.05) is 6.58 Å². The zero-order valence-electron chi connectivity index (χ0n) is 9.57. The SMILES string of the molecule is C=c1c(C#N)c(C#N)c(N)c(C#N)c1=C(C)C#N. The summed E-state index contributed by atoms with van der Waals surface area (Å²) in [5.74, 6) is 0. The molecule has 0 bridgehead atoms. The molecule has 0 amide bonds. The van der Waals surface area contributed by atoms with Gasteiger partial charge in [0.2, 0.25) is 0 Å². The first-order valence-corrected chi connectivity index (χ1v) is 4.79. The van der Waals surface area contributed by atoms with E-state index in [0.29, 0.717) is 0 Å². The van der Waals surface area contributed by atoms with Crippen molar-refractivity contribution < 1.29 is 0 Å². The largest absolute Gasteiger partial charge is 0.397 e. The fourth-order valence-electron chi connectivity index (χ4n) is 1.65. The van der Waals surface area contributed by atoms with Crippen LogP contribution in [0.25, 0.3) is 12.2 Å². The number of nitrogens with zero attached hydrogens (tertiary/aromatic N) is 4. The van der Waals surface area contributed by atoms with Gasteiger partial charge in [0, 0.05) is 10.8 Å². The number of hydrogen-bond donors (Lipinski definition) is 1. The molecule has 0 radical (unpaired) electrons. The number of nitrogen functional groups attached to an aromatic ring is 1. The number of benzene rings is 1. The van der Waals surface area contributed by atoms with E-state index >= 15 is 0 Å².